The summed E-state index contributed by atoms with van der Waals surface area (Å²) in [5.74, 6) is -1.00. The average Bonchev–Trinajstić information content (AvgIpc) is 2.48. The number of aromatic nitrogens is 1. The Labute approximate surface area is 123 Å². The molecule has 1 amide bonds. The van der Waals surface area contributed by atoms with Gasteiger partial charge in [-0.3, -0.25) is 4.79 Å². The lowest BCUT2D eigenvalue weighted by Crippen LogP contribution is -2.16. The lowest BCUT2D eigenvalue weighted by atomic mass is 10.1. The van der Waals surface area contributed by atoms with Crippen LogP contribution in [0.3, 0.4) is 0 Å². The summed E-state index contributed by atoms with van der Waals surface area (Å²) < 4.78 is 14.3. The van der Waals surface area contributed by atoms with Crippen molar-refractivity contribution >= 4 is 17.4 Å². The van der Waals surface area contributed by atoms with E-state index in [1.165, 1.54) is 12.3 Å². The summed E-state index contributed by atoms with van der Waals surface area (Å²) in [4.78, 5) is 16.1. The van der Waals surface area contributed by atoms with E-state index in [1.54, 1.807) is 6.07 Å². The van der Waals surface area contributed by atoms with E-state index >= 15 is 0 Å². The third kappa shape index (κ3) is 3.56. The number of carbonyl (C=O) groups is 1. The molecule has 2 aromatic rings. The second kappa shape index (κ2) is 6.83. The van der Waals surface area contributed by atoms with Crippen LogP contribution in [0.2, 0.25) is 0 Å². The highest BCUT2D eigenvalue weighted by Gasteiger charge is 2.16. The molecule has 0 atom stereocenters. The molecular formula is C16H18FN3O. The number of benzene rings is 1. The molecule has 2 N–H and O–H groups in total. The largest absolute Gasteiger partial charge is 0.368 e. The molecule has 0 saturated carbocycles. The Hall–Kier alpha value is -2.43. The van der Waals surface area contributed by atoms with Gasteiger partial charge in [-0.2, -0.15) is 0 Å². The minimum absolute atomic E-state index is 0.0214. The number of carbonyl (C=O) groups excluding carboxylic acids is 1. The smallest absolute Gasteiger partial charge is 0.258 e. The van der Waals surface area contributed by atoms with Gasteiger partial charge in [0.2, 0.25) is 0 Å². The Morgan fingerprint density at radius 3 is 2.76 bits per heavy atom. The van der Waals surface area contributed by atoms with E-state index in [0.717, 1.165) is 12.0 Å². The number of pyridine rings is 1. The van der Waals surface area contributed by atoms with E-state index in [0.29, 0.717) is 12.2 Å². The van der Waals surface area contributed by atoms with Crippen LogP contribution in [0.15, 0.2) is 36.5 Å². The third-order valence-corrected chi connectivity index (χ3v) is 3.07. The van der Waals surface area contributed by atoms with Crippen LogP contribution >= 0.6 is 0 Å². The van der Waals surface area contributed by atoms with Crippen LogP contribution in [0, 0.1) is 12.7 Å². The monoisotopic (exact) mass is 287 g/mol. The molecule has 0 saturated heterocycles. The van der Waals surface area contributed by atoms with Gasteiger partial charge in [0.1, 0.15) is 0 Å². The van der Waals surface area contributed by atoms with Gasteiger partial charge >= 0.3 is 0 Å². The maximum Gasteiger partial charge on any atom is 0.258 e. The molecule has 21 heavy (non-hydrogen) atoms. The topological polar surface area (TPSA) is 54.0 Å². The highest BCUT2D eigenvalue weighted by molar-refractivity contribution is 6.05. The minimum atomic E-state index is -0.628. The summed E-state index contributed by atoms with van der Waals surface area (Å²) in [5.41, 5.74) is 1.57. The van der Waals surface area contributed by atoms with E-state index in [9.17, 15) is 9.18 Å². The lowest BCUT2D eigenvalue weighted by molar-refractivity contribution is 0.102. The van der Waals surface area contributed by atoms with Gasteiger partial charge in [0, 0.05) is 18.4 Å². The van der Waals surface area contributed by atoms with Crippen molar-refractivity contribution in [2.24, 2.45) is 0 Å². The Balaban J connectivity index is 2.21. The quantitative estimate of drug-likeness (QED) is 0.883. The zero-order chi connectivity index (χ0) is 15.2. The van der Waals surface area contributed by atoms with Gasteiger partial charge < -0.3 is 10.6 Å². The highest BCUT2D eigenvalue weighted by Crippen LogP contribution is 2.18. The number of aryl methyl sites for hydroxylation is 1. The van der Waals surface area contributed by atoms with Crippen molar-refractivity contribution in [3.63, 3.8) is 0 Å². The molecule has 0 spiro atoms. The second-order valence-corrected chi connectivity index (χ2v) is 4.72. The van der Waals surface area contributed by atoms with Crippen molar-refractivity contribution in [2.75, 3.05) is 17.2 Å². The van der Waals surface area contributed by atoms with Crippen molar-refractivity contribution in [3.05, 3.63) is 53.5 Å². The Kier molecular flexibility index (Phi) is 4.87. The van der Waals surface area contributed by atoms with E-state index in [4.69, 9.17) is 0 Å². The lowest BCUT2D eigenvalue weighted by Gasteiger charge is -2.11. The van der Waals surface area contributed by atoms with Crippen molar-refractivity contribution in [1.82, 2.24) is 4.98 Å². The third-order valence-electron chi connectivity index (χ3n) is 3.07. The van der Waals surface area contributed by atoms with Gasteiger partial charge in [-0.15, -0.1) is 0 Å². The summed E-state index contributed by atoms with van der Waals surface area (Å²) in [6.45, 7) is 4.46. The summed E-state index contributed by atoms with van der Waals surface area (Å²) in [7, 11) is 0. The van der Waals surface area contributed by atoms with E-state index < -0.39 is 11.7 Å². The molecule has 0 aliphatic heterocycles. The number of amides is 1. The van der Waals surface area contributed by atoms with Crippen LogP contribution in [-0.4, -0.2) is 17.4 Å². The number of nitrogens with one attached hydrogen (secondary N) is 2. The van der Waals surface area contributed by atoms with Gasteiger partial charge in [-0.1, -0.05) is 25.1 Å². The van der Waals surface area contributed by atoms with Crippen LogP contribution in [0.1, 0.15) is 29.3 Å². The van der Waals surface area contributed by atoms with Crippen LogP contribution < -0.4 is 10.6 Å². The first-order valence-corrected chi connectivity index (χ1v) is 6.88. The van der Waals surface area contributed by atoms with Crippen molar-refractivity contribution in [1.29, 1.82) is 0 Å². The van der Waals surface area contributed by atoms with E-state index in [2.05, 4.69) is 15.6 Å². The molecule has 1 aromatic carbocycles. The zero-order valence-corrected chi connectivity index (χ0v) is 12.1. The summed E-state index contributed by atoms with van der Waals surface area (Å²) in [6.07, 6.45) is 2.27. The van der Waals surface area contributed by atoms with Gasteiger partial charge in [0.15, 0.2) is 11.6 Å². The molecule has 110 valence electrons. The number of para-hydroxylation sites is 1. The number of halogens is 1. The number of rotatable bonds is 5. The maximum absolute atomic E-state index is 14.3. The maximum atomic E-state index is 14.3. The first kappa shape index (κ1) is 15.0. The van der Waals surface area contributed by atoms with Crippen molar-refractivity contribution in [2.45, 2.75) is 20.3 Å². The molecule has 4 nitrogen and oxygen atoms in total. The zero-order valence-electron chi connectivity index (χ0n) is 12.1. The predicted molar refractivity (Wildman–Crippen MR) is 82.1 cm³/mol. The summed E-state index contributed by atoms with van der Waals surface area (Å²) in [6, 6.07) is 8.74. The van der Waals surface area contributed by atoms with Gasteiger partial charge in [0.05, 0.1) is 5.56 Å². The fourth-order valence-electron chi connectivity index (χ4n) is 1.89. The van der Waals surface area contributed by atoms with Crippen molar-refractivity contribution < 1.29 is 9.18 Å². The highest BCUT2D eigenvalue weighted by atomic mass is 19.1. The molecular weight excluding hydrogens is 269 g/mol. The van der Waals surface area contributed by atoms with Crippen LogP contribution in [-0.2, 0) is 0 Å². The predicted octanol–water partition coefficient (Wildman–Crippen LogP) is 3.60. The number of hydrogen-bond donors (Lipinski definition) is 2. The van der Waals surface area contributed by atoms with Crippen LogP contribution in [0.4, 0.5) is 15.9 Å². The molecule has 0 aliphatic carbocycles. The Morgan fingerprint density at radius 1 is 1.29 bits per heavy atom. The van der Waals surface area contributed by atoms with Gasteiger partial charge in [-0.05, 0) is 31.0 Å². The number of nitrogens with zero attached hydrogens (tertiary/aromatic N) is 1. The molecule has 2 rings (SSSR count). The Morgan fingerprint density at radius 2 is 2.05 bits per heavy atom. The molecule has 1 aromatic heterocycles. The molecule has 0 bridgehead atoms. The van der Waals surface area contributed by atoms with Gasteiger partial charge in [-0.25, -0.2) is 9.37 Å². The van der Waals surface area contributed by atoms with Crippen LogP contribution in [0.25, 0.3) is 0 Å². The number of hydrogen-bond acceptors (Lipinski definition) is 3. The molecule has 0 unspecified atom stereocenters. The van der Waals surface area contributed by atoms with Crippen LogP contribution in [0.5, 0.6) is 0 Å². The second-order valence-electron chi connectivity index (χ2n) is 4.72. The fourth-order valence-corrected chi connectivity index (χ4v) is 1.89. The number of anilines is 2. The van der Waals surface area contributed by atoms with E-state index in [1.807, 2.05) is 32.0 Å². The standard InChI is InChI=1S/C16H18FN3O/c1-3-9-18-15-14(17)12(8-10-19-15)16(21)20-13-7-5-4-6-11(13)2/h4-8,10H,3,9H2,1-2H3,(H,18,19)(H,20,21). The first-order chi connectivity index (χ1) is 10.1. The Bertz CT molecular complexity index is 643. The van der Waals surface area contributed by atoms with Gasteiger partial charge in [0.25, 0.3) is 5.91 Å². The molecule has 0 aliphatic rings. The fraction of sp³-hybridized carbons (Fsp3) is 0.250. The normalized spacial score (nSPS) is 10.2. The molecule has 0 radical (unpaired) electrons. The van der Waals surface area contributed by atoms with E-state index in [-0.39, 0.29) is 11.4 Å². The van der Waals surface area contributed by atoms with Crippen molar-refractivity contribution in [3.8, 4) is 0 Å². The summed E-state index contributed by atoms with van der Waals surface area (Å²) in [5, 5.41) is 5.58. The minimum Gasteiger partial charge on any atom is -0.368 e. The molecule has 5 heteroatoms. The molecule has 1 heterocycles. The SMILES string of the molecule is CCCNc1nccc(C(=O)Nc2ccccc2C)c1F. The first-order valence-electron chi connectivity index (χ1n) is 6.88. The average molecular weight is 287 g/mol. The molecule has 0 fully saturated rings. The summed E-state index contributed by atoms with van der Waals surface area (Å²) >= 11 is 0.